The number of hydrogen-bond acceptors (Lipinski definition) is 3. The third-order valence-corrected chi connectivity index (χ3v) is 4.11. The number of carbonyl (C=O) groups is 1. The Labute approximate surface area is 82.4 Å². The first-order valence-electron chi connectivity index (χ1n) is 4.15. The van der Waals surface area contributed by atoms with Gasteiger partial charge in [-0.3, -0.25) is 4.79 Å². The van der Waals surface area contributed by atoms with Crippen LogP contribution >= 0.6 is 10.7 Å². The van der Waals surface area contributed by atoms with Crippen molar-refractivity contribution in [1.82, 2.24) is 4.31 Å². The lowest BCUT2D eigenvalue weighted by molar-refractivity contribution is -0.145. The zero-order valence-corrected chi connectivity index (χ0v) is 9.15. The minimum absolute atomic E-state index is 0.284. The van der Waals surface area contributed by atoms with Crippen LogP contribution in [0.3, 0.4) is 0 Å². The van der Waals surface area contributed by atoms with Crippen LogP contribution in [0.2, 0.25) is 0 Å². The number of amides is 1. The topological polar surface area (TPSA) is 54.5 Å². The second-order valence-corrected chi connectivity index (χ2v) is 5.57. The standard InChI is InChI=1S/C7H12ClNO3S/c1-3-7(4-2)5-6(10)9(7)13(8,11)12/h3-5H2,1-2H3. The van der Waals surface area contributed by atoms with Gasteiger partial charge in [0, 0.05) is 10.7 Å². The summed E-state index contributed by atoms with van der Waals surface area (Å²) in [4.78, 5) is 11.1. The van der Waals surface area contributed by atoms with Crippen molar-refractivity contribution in [3.8, 4) is 0 Å². The minimum Gasteiger partial charge on any atom is -0.274 e. The first-order chi connectivity index (χ1) is 5.87. The van der Waals surface area contributed by atoms with E-state index in [-0.39, 0.29) is 6.42 Å². The fraction of sp³-hybridized carbons (Fsp3) is 0.857. The fourth-order valence-corrected chi connectivity index (χ4v) is 3.50. The second kappa shape index (κ2) is 3.13. The van der Waals surface area contributed by atoms with Gasteiger partial charge in [0.1, 0.15) is 0 Å². The summed E-state index contributed by atoms with van der Waals surface area (Å²) in [6, 6.07) is 0. The van der Waals surface area contributed by atoms with Crippen molar-refractivity contribution in [2.45, 2.75) is 38.6 Å². The summed E-state index contributed by atoms with van der Waals surface area (Å²) in [6.07, 6.45) is 1.51. The predicted molar refractivity (Wildman–Crippen MR) is 49.5 cm³/mol. The average molecular weight is 226 g/mol. The van der Waals surface area contributed by atoms with E-state index in [1.165, 1.54) is 0 Å². The monoisotopic (exact) mass is 225 g/mol. The normalized spacial score (nSPS) is 21.5. The van der Waals surface area contributed by atoms with Gasteiger partial charge in [-0.15, -0.1) is 0 Å². The number of carbonyl (C=O) groups excluding carboxylic acids is 1. The molecule has 0 bridgehead atoms. The van der Waals surface area contributed by atoms with Crippen molar-refractivity contribution in [2.75, 3.05) is 0 Å². The maximum absolute atomic E-state index is 11.1. The molecule has 1 rings (SSSR count). The summed E-state index contributed by atoms with van der Waals surface area (Å²) in [5, 5.41) is 0. The van der Waals surface area contributed by atoms with E-state index in [9.17, 15) is 13.2 Å². The Kier molecular flexibility index (Phi) is 2.60. The van der Waals surface area contributed by atoms with Gasteiger partial charge in [0.05, 0.1) is 12.0 Å². The van der Waals surface area contributed by atoms with E-state index in [1.54, 1.807) is 0 Å². The van der Waals surface area contributed by atoms with Crippen LogP contribution in [0.25, 0.3) is 0 Å². The third-order valence-electron chi connectivity index (χ3n) is 2.67. The zero-order valence-electron chi connectivity index (χ0n) is 7.58. The van der Waals surface area contributed by atoms with E-state index in [1.807, 2.05) is 13.8 Å². The summed E-state index contributed by atoms with van der Waals surface area (Å²) in [7, 11) is 1.26. The van der Waals surface area contributed by atoms with Gasteiger partial charge in [0.15, 0.2) is 0 Å². The van der Waals surface area contributed by atoms with Gasteiger partial charge in [0.2, 0.25) is 5.91 Å². The highest BCUT2D eigenvalue weighted by molar-refractivity contribution is 8.12. The Bertz CT molecular complexity index is 321. The molecule has 6 heteroatoms. The smallest absolute Gasteiger partial charge is 0.274 e. The molecule has 0 unspecified atom stereocenters. The molecule has 0 aromatic rings. The molecular formula is C7H12ClNO3S. The van der Waals surface area contributed by atoms with Crippen LogP contribution in [-0.2, 0) is 14.0 Å². The van der Waals surface area contributed by atoms with Crippen LogP contribution in [0.4, 0.5) is 0 Å². The third kappa shape index (κ3) is 1.55. The zero-order chi connectivity index (χ0) is 10.3. The molecule has 1 fully saturated rings. The molecule has 0 radical (unpaired) electrons. The maximum Gasteiger partial charge on any atom is 0.324 e. The lowest BCUT2D eigenvalue weighted by Gasteiger charge is -2.48. The molecule has 0 aromatic carbocycles. The van der Waals surface area contributed by atoms with Crippen LogP contribution in [0.5, 0.6) is 0 Å². The van der Waals surface area contributed by atoms with Crippen molar-refractivity contribution in [3.05, 3.63) is 0 Å². The Balaban J connectivity index is 3.01. The van der Waals surface area contributed by atoms with Gasteiger partial charge in [-0.2, -0.15) is 8.42 Å². The number of nitrogens with zero attached hydrogens (tertiary/aromatic N) is 1. The van der Waals surface area contributed by atoms with Crippen LogP contribution in [-0.4, -0.2) is 24.2 Å². The highest BCUT2D eigenvalue weighted by atomic mass is 35.7. The molecule has 0 spiro atoms. The molecule has 0 N–H and O–H groups in total. The molecule has 0 saturated carbocycles. The summed E-state index contributed by atoms with van der Waals surface area (Å²) in [5.41, 5.74) is -0.558. The fourth-order valence-electron chi connectivity index (χ4n) is 1.74. The molecule has 1 aliphatic rings. The molecule has 0 aromatic heterocycles. The molecule has 1 amide bonds. The van der Waals surface area contributed by atoms with E-state index in [4.69, 9.17) is 10.7 Å². The maximum atomic E-state index is 11.1. The van der Waals surface area contributed by atoms with Gasteiger partial charge in [-0.25, -0.2) is 4.31 Å². The quantitative estimate of drug-likeness (QED) is 0.537. The molecule has 13 heavy (non-hydrogen) atoms. The van der Waals surface area contributed by atoms with E-state index in [0.717, 1.165) is 4.31 Å². The van der Waals surface area contributed by atoms with E-state index in [2.05, 4.69) is 0 Å². The average Bonchev–Trinajstić information content (AvgIpc) is 1.95. The predicted octanol–water partition coefficient (Wildman–Crippen LogP) is 1.26. The first kappa shape index (κ1) is 10.8. The number of β-lactam (4-membered cyclic amide) rings is 1. The summed E-state index contributed by atoms with van der Waals surface area (Å²) < 4.78 is 22.9. The van der Waals surface area contributed by atoms with Gasteiger partial charge >= 0.3 is 9.24 Å². The van der Waals surface area contributed by atoms with Crippen LogP contribution in [0.1, 0.15) is 33.1 Å². The van der Waals surface area contributed by atoms with Gasteiger partial charge in [0.25, 0.3) is 0 Å². The van der Waals surface area contributed by atoms with Gasteiger partial charge in [-0.05, 0) is 12.8 Å². The van der Waals surface area contributed by atoms with Crippen molar-refractivity contribution in [1.29, 1.82) is 0 Å². The Morgan fingerprint density at radius 3 is 2.08 bits per heavy atom. The molecule has 0 atom stereocenters. The number of rotatable bonds is 3. The van der Waals surface area contributed by atoms with Crippen molar-refractivity contribution < 1.29 is 13.2 Å². The second-order valence-electron chi connectivity index (χ2n) is 3.21. The van der Waals surface area contributed by atoms with E-state index >= 15 is 0 Å². The van der Waals surface area contributed by atoms with Crippen LogP contribution in [0, 0.1) is 0 Å². The van der Waals surface area contributed by atoms with Crippen molar-refractivity contribution >= 4 is 25.8 Å². The van der Waals surface area contributed by atoms with Crippen LogP contribution < -0.4 is 0 Å². The lowest BCUT2D eigenvalue weighted by Crippen LogP contribution is -2.63. The summed E-state index contributed by atoms with van der Waals surface area (Å²) >= 11 is 0. The van der Waals surface area contributed by atoms with E-state index in [0.29, 0.717) is 12.8 Å². The number of halogens is 1. The molecule has 1 saturated heterocycles. The molecular weight excluding hydrogens is 214 g/mol. The SMILES string of the molecule is CCC1(CC)CC(=O)N1S(=O)(=O)Cl. The summed E-state index contributed by atoms with van der Waals surface area (Å²) in [5.74, 6) is -0.404. The largest absolute Gasteiger partial charge is 0.324 e. The summed E-state index contributed by atoms with van der Waals surface area (Å²) in [6.45, 7) is 3.70. The molecule has 0 aliphatic carbocycles. The lowest BCUT2D eigenvalue weighted by atomic mass is 9.82. The van der Waals surface area contributed by atoms with Gasteiger partial charge < -0.3 is 0 Å². The van der Waals surface area contributed by atoms with Gasteiger partial charge in [-0.1, -0.05) is 13.8 Å². The minimum atomic E-state index is -3.89. The Morgan fingerprint density at radius 1 is 1.46 bits per heavy atom. The molecule has 76 valence electrons. The highest BCUT2D eigenvalue weighted by Crippen LogP contribution is 2.41. The van der Waals surface area contributed by atoms with Crippen LogP contribution in [0.15, 0.2) is 0 Å². The Morgan fingerprint density at radius 2 is 1.92 bits per heavy atom. The number of hydrogen-bond donors (Lipinski definition) is 0. The first-order valence-corrected chi connectivity index (χ1v) is 6.42. The molecule has 4 nitrogen and oxygen atoms in total. The Hall–Kier alpha value is -0.290. The highest BCUT2D eigenvalue weighted by Gasteiger charge is 2.54. The van der Waals surface area contributed by atoms with E-state index < -0.39 is 20.7 Å². The molecule has 1 aliphatic heterocycles. The van der Waals surface area contributed by atoms with Crippen molar-refractivity contribution in [3.63, 3.8) is 0 Å². The van der Waals surface area contributed by atoms with Crippen molar-refractivity contribution in [2.24, 2.45) is 0 Å². The molecule has 1 heterocycles.